The van der Waals surface area contributed by atoms with Crippen molar-refractivity contribution in [2.45, 2.75) is 77.4 Å². The van der Waals surface area contributed by atoms with Gasteiger partial charge in [-0.15, -0.1) is 0 Å². The van der Waals surface area contributed by atoms with Crippen molar-refractivity contribution in [2.75, 3.05) is 0 Å². The third-order valence-electron chi connectivity index (χ3n) is 6.32. The molecule has 2 aromatic heterocycles. The summed E-state index contributed by atoms with van der Waals surface area (Å²) in [7, 11) is 0. The van der Waals surface area contributed by atoms with E-state index in [1.54, 1.807) is 12.3 Å². The zero-order valence-electron chi connectivity index (χ0n) is 17.6. The third kappa shape index (κ3) is 3.86. The van der Waals surface area contributed by atoms with E-state index in [1.807, 2.05) is 12.1 Å². The maximum atomic E-state index is 12.6. The summed E-state index contributed by atoms with van der Waals surface area (Å²) >= 11 is 0. The predicted molar refractivity (Wildman–Crippen MR) is 117 cm³/mol. The molecule has 1 saturated heterocycles. The van der Waals surface area contributed by atoms with Crippen LogP contribution in [0.4, 0.5) is 0 Å². The average Bonchev–Trinajstić information content (AvgIpc) is 3.24. The Morgan fingerprint density at radius 2 is 2.00 bits per heavy atom. The fraction of sp³-hybridized carbons (Fsp3) is 0.522. The van der Waals surface area contributed by atoms with Crippen molar-refractivity contribution in [3.8, 4) is 11.4 Å². The summed E-state index contributed by atoms with van der Waals surface area (Å²) in [5, 5.41) is 6.86. The molecule has 3 atom stereocenters. The minimum absolute atomic E-state index is 0.191. The van der Waals surface area contributed by atoms with E-state index in [4.69, 9.17) is 4.98 Å². The second-order valence-electron chi connectivity index (χ2n) is 8.36. The Bertz CT molecular complexity index is 1000. The number of hydrogen-bond acceptors (Lipinski definition) is 4. The van der Waals surface area contributed by atoms with Gasteiger partial charge in [0, 0.05) is 24.3 Å². The molecule has 154 valence electrons. The van der Waals surface area contributed by atoms with E-state index >= 15 is 0 Å². The first kappa shape index (κ1) is 19.8. The number of aromatic amines is 2. The Morgan fingerprint density at radius 3 is 2.69 bits per heavy atom. The van der Waals surface area contributed by atoms with Crippen molar-refractivity contribution in [1.29, 1.82) is 0 Å². The largest absolute Gasteiger partial charge is 0.319 e. The van der Waals surface area contributed by atoms with E-state index in [0.29, 0.717) is 29.5 Å². The van der Waals surface area contributed by atoms with E-state index in [2.05, 4.69) is 46.9 Å². The Morgan fingerprint density at radius 1 is 1.21 bits per heavy atom. The lowest BCUT2D eigenvalue weighted by molar-refractivity contribution is 0.0495. The van der Waals surface area contributed by atoms with E-state index in [9.17, 15) is 4.79 Å². The maximum Gasteiger partial charge on any atom is 0.276 e. The molecule has 4 rings (SSSR count). The molecule has 0 bridgehead atoms. The number of H-pyrrole nitrogens is 2. The number of rotatable bonds is 6. The van der Waals surface area contributed by atoms with Crippen molar-refractivity contribution >= 4 is 11.0 Å². The summed E-state index contributed by atoms with van der Waals surface area (Å²) in [6.45, 7) is 6.95. The fourth-order valence-electron chi connectivity index (χ4n) is 4.89. The minimum Gasteiger partial charge on any atom is -0.319 e. The van der Waals surface area contributed by atoms with Crippen LogP contribution >= 0.6 is 0 Å². The van der Waals surface area contributed by atoms with Crippen LogP contribution in [0.15, 0.2) is 35.3 Å². The van der Waals surface area contributed by atoms with Crippen molar-refractivity contribution in [3.63, 3.8) is 0 Å². The summed E-state index contributed by atoms with van der Waals surface area (Å²) in [5.74, 6) is 0. The first-order valence-corrected chi connectivity index (χ1v) is 10.9. The molecule has 0 amide bonds. The van der Waals surface area contributed by atoms with Gasteiger partial charge >= 0.3 is 0 Å². The predicted octanol–water partition coefficient (Wildman–Crippen LogP) is 4.81. The highest BCUT2D eigenvalue weighted by molar-refractivity contribution is 5.80. The summed E-state index contributed by atoms with van der Waals surface area (Å²) in [6, 6.07) is 9.37. The van der Waals surface area contributed by atoms with Gasteiger partial charge in [-0.25, -0.2) is 4.98 Å². The molecule has 3 heterocycles. The van der Waals surface area contributed by atoms with Gasteiger partial charge in [0.2, 0.25) is 0 Å². The van der Waals surface area contributed by atoms with Crippen LogP contribution in [0, 0.1) is 0 Å². The Kier molecular flexibility index (Phi) is 5.81. The number of piperidine rings is 1. The highest BCUT2D eigenvalue weighted by atomic mass is 16.1. The number of unbranched alkanes of at least 4 members (excludes halogenated alkanes) is 1. The quantitative estimate of drug-likeness (QED) is 0.630. The van der Waals surface area contributed by atoms with Crippen LogP contribution in [-0.2, 0) is 0 Å². The fourth-order valence-corrected chi connectivity index (χ4v) is 4.89. The first-order valence-electron chi connectivity index (χ1n) is 10.9. The molecule has 1 aliphatic heterocycles. The smallest absolute Gasteiger partial charge is 0.276 e. The van der Waals surface area contributed by atoms with Gasteiger partial charge in [0.15, 0.2) is 5.69 Å². The molecule has 6 heteroatoms. The van der Waals surface area contributed by atoms with Crippen LogP contribution in [0.5, 0.6) is 0 Å². The third-order valence-corrected chi connectivity index (χ3v) is 6.32. The lowest BCUT2D eigenvalue weighted by Gasteiger charge is -2.44. The second kappa shape index (κ2) is 8.49. The van der Waals surface area contributed by atoms with Gasteiger partial charge in [0.25, 0.3) is 5.56 Å². The van der Waals surface area contributed by atoms with E-state index < -0.39 is 0 Å². The van der Waals surface area contributed by atoms with Gasteiger partial charge < -0.3 is 4.98 Å². The molecule has 2 N–H and O–H groups in total. The molecule has 3 aromatic rings. The van der Waals surface area contributed by atoms with E-state index in [0.717, 1.165) is 17.5 Å². The van der Waals surface area contributed by atoms with Crippen LogP contribution in [0.2, 0.25) is 0 Å². The van der Waals surface area contributed by atoms with Crippen LogP contribution in [0.25, 0.3) is 22.4 Å². The molecule has 0 radical (unpaired) electrons. The van der Waals surface area contributed by atoms with Crippen LogP contribution in [0.3, 0.4) is 0 Å². The topological polar surface area (TPSA) is 77.7 Å². The van der Waals surface area contributed by atoms with Gasteiger partial charge in [-0.3, -0.25) is 14.8 Å². The molecular weight excluding hydrogens is 362 g/mol. The van der Waals surface area contributed by atoms with Gasteiger partial charge in [0.05, 0.1) is 16.7 Å². The average molecular weight is 394 g/mol. The molecular formula is C23H31N5O. The molecule has 0 spiro atoms. The highest BCUT2D eigenvalue weighted by Crippen LogP contribution is 2.37. The lowest BCUT2D eigenvalue weighted by Crippen LogP contribution is -2.46. The Balaban J connectivity index is 1.86. The molecule has 0 aliphatic carbocycles. The molecule has 3 unspecified atom stereocenters. The zero-order valence-corrected chi connectivity index (χ0v) is 17.6. The van der Waals surface area contributed by atoms with Crippen LogP contribution in [0.1, 0.15) is 70.9 Å². The van der Waals surface area contributed by atoms with Crippen molar-refractivity contribution in [1.82, 2.24) is 25.1 Å². The highest BCUT2D eigenvalue weighted by Gasteiger charge is 2.32. The van der Waals surface area contributed by atoms with Gasteiger partial charge in [-0.2, -0.15) is 5.10 Å². The monoisotopic (exact) mass is 393 g/mol. The number of aromatic nitrogens is 4. The summed E-state index contributed by atoms with van der Waals surface area (Å²) in [4.78, 5) is 23.2. The standard InChI is InChI=1S/C23H31N5O/c1-4-5-12-20(28-15(2)8-6-9-16(28)3)17-10-7-11-18-21(17)26-22(23(29)25-18)19-13-14-24-27-19/h7,10-11,13-16,20H,4-6,8-9,12H2,1-3H3,(H,24,27)(H,25,29). The summed E-state index contributed by atoms with van der Waals surface area (Å²) < 4.78 is 0. The van der Waals surface area contributed by atoms with Gasteiger partial charge in [0.1, 0.15) is 0 Å². The number of fused-ring (bicyclic) bond motifs is 1. The van der Waals surface area contributed by atoms with E-state index in [1.165, 1.54) is 37.7 Å². The summed E-state index contributed by atoms with van der Waals surface area (Å²) in [6.07, 6.45) is 8.86. The van der Waals surface area contributed by atoms with Gasteiger partial charge in [-0.05, 0) is 50.8 Å². The van der Waals surface area contributed by atoms with Crippen LogP contribution < -0.4 is 5.56 Å². The number of nitrogens with zero attached hydrogens (tertiary/aromatic N) is 3. The van der Waals surface area contributed by atoms with Crippen LogP contribution in [-0.4, -0.2) is 37.1 Å². The first-order chi connectivity index (χ1) is 14.1. The van der Waals surface area contributed by atoms with Crippen molar-refractivity contribution in [3.05, 3.63) is 46.4 Å². The number of likely N-dealkylation sites (tertiary alicyclic amines) is 1. The molecule has 29 heavy (non-hydrogen) atoms. The number of nitrogens with one attached hydrogen (secondary N) is 2. The number of benzene rings is 1. The number of para-hydroxylation sites is 1. The van der Waals surface area contributed by atoms with Gasteiger partial charge in [-0.1, -0.05) is 38.3 Å². The Labute approximate surface area is 171 Å². The molecule has 1 aromatic carbocycles. The van der Waals surface area contributed by atoms with Crippen molar-refractivity contribution in [2.24, 2.45) is 0 Å². The molecule has 6 nitrogen and oxygen atoms in total. The number of hydrogen-bond donors (Lipinski definition) is 2. The molecule has 1 fully saturated rings. The lowest BCUT2D eigenvalue weighted by atomic mass is 9.89. The maximum absolute atomic E-state index is 12.6. The Hall–Kier alpha value is -2.47. The molecule has 1 aliphatic rings. The molecule has 0 saturated carbocycles. The second-order valence-corrected chi connectivity index (χ2v) is 8.36. The summed E-state index contributed by atoms with van der Waals surface area (Å²) in [5.41, 5.74) is 3.76. The minimum atomic E-state index is -0.191. The zero-order chi connectivity index (χ0) is 20.4. The van der Waals surface area contributed by atoms with Crippen molar-refractivity contribution < 1.29 is 0 Å². The SMILES string of the molecule is CCCCC(c1cccc2[nH]c(=O)c(-c3ccn[nH]3)nc12)N1C(C)CCCC1C. The van der Waals surface area contributed by atoms with E-state index in [-0.39, 0.29) is 5.56 Å². The normalized spacial score (nSPS) is 21.5.